The van der Waals surface area contributed by atoms with Gasteiger partial charge in [-0.15, -0.1) is 17.0 Å². The maximum Gasteiger partial charge on any atom is -0.0271 e. The van der Waals surface area contributed by atoms with Gasteiger partial charge in [0.15, 0.2) is 0 Å². The first-order valence-electron chi connectivity index (χ1n) is 8.15. The molecule has 128 valence electrons. The summed E-state index contributed by atoms with van der Waals surface area (Å²) in [6.45, 7) is 9.10. The van der Waals surface area contributed by atoms with Gasteiger partial charge in [-0.05, 0) is 34.8 Å². The minimum absolute atomic E-state index is 0. The lowest BCUT2D eigenvalue weighted by atomic mass is 10.3. The average molecular weight is 413 g/mol. The minimum atomic E-state index is 0. The van der Waals surface area contributed by atoms with Gasteiger partial charge in [-0.3, -0.25) is 0 Å². The molecular formula is C20H31BrP2. The number of halogens is 1. The fourth-order valence-electron chi connectivity index (χ4n) is 1.76. The van der Waals surface area contributed by atoms with Gasteiger partial charge in [0.2, 0.25) is 0 Å². The van der Waals surface area contributed by atoms with E-state index < -0.39 is 0 Å². The van der Waals surface area contributed by atoms with Crippen LogP contribution in [0, 0.1) is 11.8 Å². The molecule has 0 spiro atoms. The smallest absolute Gasteiger partial charge is 0.0271 e. The zero-order valence-electron chi connectivity index (χ0n) is 14.8. The maximum absolute atomic E-state index is 2.27. The van der Waals surface area contributed by atoms with Crippen LogP contribution in [0.3, 0.4) is 0 Å². The fraction of sp³-hybridized carbons (Fsp3) is 0.400. The Kier molecular flexibility index (Phi) is 14.0. The van der Waals surface area contributed by atoms with Crippen molar-refractivity contribution in [2.45, 2.75) is 27.7 Å². The number of rotatable bonds is 6. The summed E-state index contributed by atoms with van der Waals surface area (Å²) in [5, 5.41) is 2.97. The van der Waals surface area contributed by atoms with E-state index >= 15 is 0 Å². The highest BCUT2D eigenvalue weighted by Crippen LogP contribution is 2.14. The summed E-state index contributed by atoms with van der Waals surface area (Å²) in [4.78, 5) is 0. The van der Waals surface area contributed by atoms with Crippen molar-refractivity contribution in [1.82, 2.24) is 0 Å². The van der Waals surface area contributed by atoms with Crippen LogP contribution in [0.2, 0.25) is 0 Å². The molecule has 0 aliphatic rings. The van der Waals surface area contributed by atoms with Gasteiger partial charge in [-0.2, -0.15) is 0 Å². The topological polar surface area (TPSA) is 0 Å². The van der Waals surface area contributed by atoms with Gasteiger partial charge < -0.3 is 0 Å². The third-order valence-electron chi connectivity index (χ3n) is 2.98. The van der Waals surface area contributed by atoms with Crippen molar-refractivity contribution in [2.24, 2.45) is 11.8 Å². The number of benzene rings is 2. The van der Waals surface area contributed by atoms with Gasteiger partial charge in [-0.1, -0.05) is 106 Å². The molecule has 2 atom stereocenters. The summed E-state index contributed by atoms with van der Waals surface area (Å²) < 4.78 is 0. The molecule has 0 aliphatic carbocycles. The molecule has 2 aromatic carbocycles. The van der Waals surface area contributed by atoms with E-state index in [2.05, 4.69) is 88.4 Å². The molecule has 0 radical (unpaired) electrons. The van der Waals surface area contributed by atoms with Crippen LogP contribution in [0.15, 0.2) is 60.7 Å². The van der Waals surface area contributed by atoms with E-state index in [1.165, 1.54) is 22.9 Å². The minimum Gasteiger partial charge on any atom is -0.114 e. The molecule has 0 amide bonds. The summed E-state index contributed by atoms with van der Waals surface area (Å²) in [6, 6.07) is 21.4. The van der Waals surface area contributed by atoms with Crippen LogP contribution in [0.5, 0.6) is 0 Å². The van der Waals surface area contributed by atoms with Crippen LogP contribution in [0.25, 0.3) is 0 Å². The summed E-state index contributed by atoms with van der Waals surface area (Å²) in [5.41, 5.74) is 0. The van der Waals surface area contributed by atoms with Gasteiger partial charge in [0.05, 0.1) is 0 Å². The second-order valence-corrected chi connectivity index (χ2v) is 8.96. The van der Waals surface area contributed by atoms with Crippen LogP contribution in [-0.4, -0.2) is 12.3 Å². The Balaban J connectivity index is 0.000000403. The van der Waals surface area contributed by atoms with Crippen molar-refractivity contribution in [3.63, 3.8) is 0 Å². The van der Waals surface area contributed by atoms with Gasteiger partial charge in [0.1, 0.15) is 0 Å². The predicted octanol–water partition coefficient (Wildman–Crippen LogP) is 5.87. The van der Waals surface area contributed by atoms with Crippen LogP contribution >= 0.6 is 34.1 Å². The number of hydrogen-bond donors (Lipinski definition) is 0. The van der Waals surface area contributed by atoms with Crippen LogP contribution in [-0.2, 0) is 0 Å². The number of hydrogen-bond acceptors (Lipinski definition) is 0. The van der Waals surface area contributed by atoms with Gasteiger partial charge in [0, 0.05) is 0 Å². The Bertz CT molecular complexity index is 436. The van der Waals surface area contributed by atoms with Crippen molar-refractivity contribution < 1.29 is 0 Å². The molecule has 0 fully saturated rings. The van der Waals surface area contributed by atoms with E-state index in [4.69, 9.17) is 0 Å². The molecule has 3 heteroatoms. The lowest BCUT2D eigenvalue weighted by molar-refractivity contribution is 0.749. The van der Waals surface area contributed by atoms with Gasteiger partial charge in [0.25, 0.3) is 0 Å². The maximum atomic E-state index is 2.27. The highest BCUT2D eigenvalue weighted by Gasteiger charge is 1.95. The third kappa shape index (κ3) is 12.8. The van der Waals surface area contributed by atoms with Crippen LogP contribution in [0.1, 0.15) is 27.7 Å². The molecule has 0 aromatic heterocycles. The SMILES string of the molecule is Br.CC(C)CPc1ccccc1.CC(C)CPc1ccccc1. The third-order valence-corrected chi connectivity index (χ3v) is 6.50. The summed E-state index contributed by atoms with van der Waals surface area (Å²) in [5.74, 6) is 1.65. The molecule has 2 rings (SSSR count). The molecule has 0 saturated carbocycles. The molecule has 23 heavy (non-hydrogen) atoms. The Hall–Kier alpha value is -0.220. The van der Waals surface area contributed by atoms with Crippen molar-refractivity contribution in [3.8, 4) is 0 Å². The largest absolute Gasteiger partial charge is 0.114 e. The molecule has 0 N–H and O–H groups in total. The van der Waals surface area contributed by atoms with Crippen molar-refractivity contribution in [2.75, 3.05) is 12.3 Å². The molecule has 2 unspecified atom stereocenters. The average Bonchev–Trinajstić information content (AvgIpc) is 2.53. The second kappa shape index (κ2) is 14.2. The van der Waals surface area contributed by atoms with Crippen molar-refractivity contribution in [3.05, 3.63) is 60.7 Å². The van der Waals surface area contributed by atoms with Crippen molar-refractivity contribution in [1.29, 1.82) is 0 Å². The Morgan fingerprint density at radius 3 is 1.17 bits per heavy atom. The predicted molar refractivity (Wildman–Crippen MR) is 119 cm³/mol. The molecular weight excluding hydrogens is 382 g/mol. The summed E-state index contributed by atoms with van der Waals surface area (Å²) >= 11 is 0. The highest BCUT2D eigenvalue weighted by molar-refractivity contribution is 8.93. The summed E-state index contributed by atoms with van der Waals surface area (Å²) in [7, 11) is 1.97. The first-order valence-corrected chi connectivity index (χ1v) is 10.6. The fourth-order valence-corrected chi connectivity index (χ4v) is 3.90. The molecule has 0 nitrogen and oxygen atoms in total. The van der Waals surface area contributed by atoms with E-state index in [9.17, 15) is 0 Å². The lowest BCUT2D eigenvalue weighted by Crippen LogP contribution is -1.97. The van der Waals surface area contributed by atoms with Crippen molar-refractivity contribution >= 4 is 44.8 Å². The van der Waals surface area contributed by atoms with E-state index in [-0.39, 0.29) is 17.0 Å². The molecule has 2 aromatic rings. The van der Waals surface area contributed by atoms with E-state index in [0.29, 0.717) is 0 Å². The van der Waals surface area contributed by atoms with E-state index in [1.807, 2.05) is 0 Å². The molecule has 0 aliphatic heterocycles. The van der Waals surface area contributed by atoms with Gasteiger partial charge >= 0.3 is 0 Å². The first kappa shape index (κ1) is 22.8. The quantitative estimate of drug-likeness (QED) is 0.520. The Morgan fingerprint density at radius 2 is 0.913 bits per heavy atom. The second-order valence-electron chi connectivity index (χ2n) is 6.28. The van der Waals surface area contributed by atoms with Gasteiger partial charge in [-0.25, -0.2) is 0 Å². The Morgan fingerprint density at radius 1 is 0.609 bits per heavy atom. The molecule has 0 saturated heterocycles. The van der Waals surface area contributed by atoms with E-state index in [1.54, 1.807) is 0 Å². The first-order chi connectivity index (χ1) is 10.6. The van der Waals surface area contributed by atoms with Crippen LogP contribution < -0.4 is 10.6 Å². The summed E-state index contributed by atoms with van der Waals surface area (Å²) in [6.07, 6.45) is 2.65. The molecule has 0 heterocycles. The zero-order valence-corrected chi connectivity index (χ0v) is 18.5. The monoisotopic (exact) mass is 412 g/mol. The normalized spacial score (nSPS) is 11.0. The highest BCUT2D eigenvalue weighted by atomic mass is 79.9. The Labute approximate surface area is 157 Å². The lowest BCUT2D eigenvalue weighted by Gasteiger charge is -2.03. The zero-order chi connectivity index (χ0) is 16.2. The van der Waals surface area contributed by atoms with Crippen LogP contribution in [0.4, 0.5) is 0 Å². The van der Waals surface area contributed by atoms with E-state index in [0.717, 1.165) is 29.0 Å². The molecule has 0 bridgehead atoms. The standard InChI is InChI=1S/2C10H15P.BrH/c2*1-9(2)8-11-10-6-4-3-5-7-10;/h2*3-7,9,11H,8H2,1-2H3;1H.